The lowest BCUT2D eigenvalue weighted by atomic mass is 10.2. The maximum Gasteiger partial charge on any atom is 0.225 e. The minimum absolute atomic E-state index is 0.746. The molecule has 0 N–H and O–H groups in total. The average Bonchev–Trinajstić information content (AvgIpc) is 3.04. The van der Waals surface area contributed by atoms with Gasteiger partial charge in [-0.15, -0.1) is 0 Å². The van der Waals surface area contributed by atoms with Crippen LogP contribution in [0.2, 0.25) is 0 Å². The van der Waals surface area contributed by atoms with Gasteiger partial charge in [-0.2, -0.15) is 0 Å². The third kappa shape index (κ3) is 3.66. The van der Waals surface area contributed by atoms with E-state index in [-0.39, 0.29) is 0 Å². The van der Waals surface area contributed by atoms with E-state index in [1.165, 1.54) is 5.56 Å². The largest absolute Gasteiger partial charge is 0.332 e. The van der Waals surface area contributed by atoms with Crippen LogP contribution < -0.4 is 4.90 Å². The highest BCUT2D eigenvalue weighted by atomic mass is 15.3. The molecule has 4 rings (SSSR count). The Kier molecular flexibility index (Phi) is 4.39. The van der Waals surface area contributed by atoms with Crippen LogP contribution in [0.25, 0.3) is 0 Å². The van der Waals surface area contributed by atoms with Gasteiger partial charge in [-0.1, -0.05) is 6.07 Å². The third-order valence-electron chi connectivity index (χ3n) is 4.29. The molecule has 0 fully saturated rings. The Bertz CT molecular complexity index is 816. The van der Waals surface area contributed by atoms with Crippen molar-refractivity contribution in [3.05, 3.63) is 66.3 Å². The standard InChI is InChI=1S/C18H21N7/c1-23(11-15-4-2-5-19-10-15)12-16-13-24-8-9-25(14-17(24)22-16)18-20-6-3-7-21-18/h2-7,10,13H,8-9,11-12,14H2,1H3. The lowest BCUT2D eigenvalue weighted by molar-refractivity contribution is 0.315. The lowest BCUT2D eigenvalue weighted by Crippen LogP contribution is -2.34. The van der Waals surface area contributed by atoms with E-state index in [1.54, 1.807) is 18.6 Å². The van der Waals surface area contributed by atoms with Crippen molar-refractivity contribution in [2.24, 2.45) is 0 Å². The van der Waals surface area contributed by atoms with Crippen LogP contribution in [0.4, 0.5) is 5.95 Å². The van der Waals surface area contributed by atoms with Crippen LogP contribution in [0.5, 0.6) is 0 Å². The molecule has 0 unspecified atom stereocenters. The molecule has 4 heterocycles. The highest BCUT2D eigenvalue weighted by molar-refractivity contribution is 5.30. The van der Waals surface area contributed by atoms with Crippen LogP contribution >= 0.6 is 0 Å². The molecule has 25 heavy (non-hydrogen) atoms. The predicted octanol–water partition coefficient (Wildman–Crippen LogP) is 1.72. The molecule has 0 radical (unpaired) electrons. The molecule has 1 aliphatic rings. The van der Waals surface area contributed by atoms with Gasteiger partial charge < -0.3 is 9.47 Å². The van der Waals surface area contributed by atoms with Crippen molar-refractivity contribution in [2.75, 3.05) is 18.5 Å². The van der Waals surface area contributed by atoms with Crippen molar-refractivity contribution >= 4 is 5.95 Å². The summed E-state index contributed by atoms with van der Waals surface area (Å²) in [6.07, 6.45) is 9.43. The van der Waals surface area contributed by atoms with Gasteiger partial charge in [0.1, 0.15) is 5.82 Å². The summed E-state index contributed by atoms with van der Waals surface area (Å²) in [4.78, 5) is 22.1. The molecule has 0 spiro atoms. The molecule has 1 aliphatic heterocycles. The Morgan fingerprint density at radius 3 is 2.76 bits per heavy atom. The van der Waals surface area contributed by atoms with E-state index >= 15 is 0 Å². The number of nitrogens with zero attached hydrogens (tertiary/aromatic N) is 7. The van der Waals surface area contributed by atoms with E-state index in [0.717, 1.165) is 50.2 Å². The summed E-state index contributed by atoms with van der Waals surface area (Å²) in [5.74, 6) is 1.84. The summed E-state index contributed by atoms with van der Waals surface area (Å²) < 4.78 is 2.24. The number of aromatic nitrogens is 5. The van der Waals surface area contributed by atoms with Gasteiger partial charge in [0.2, 0.25) is 5.95 Å². The Morgan fingerprint density at radius 1 is 1.08 bits per heavy atom. The molecule has 3 aromatic heterocycles. The zero-order valence-electron chi connectivity index (χ0n) is 14.3. The van der Waals surface area contributed by atoms with Gasteiger partial charge in [0.05, 0.1) is 12.2 Å². The molecule has 3 aromatic rings. The number of anilines is 1. The molecular weight excluding hydrogens is 314 g/mol. The highest BCUT2D eigenvalue weighted by Crippen LogP contribution is 2.17. The fourth-order valence-electron chi connectivity index (χ4n) is 3.15. The molecule has 7 nitrogen and oxygen atoms in total. The predicted molar refractivity (Wildman–Crippen MR) is 94.7 cm³/mol. The molecule has 0 bridgehead atoms. The second-order valence-electron chi connectivity index (χ2n) is 6.35. The van der Waals surface area contributed by atoms with Gasteiger partial charge in [0.25, 0.3) is 0 Å². The molecule has 0 saturated heterocycles. The highest BCUT2D eigenvalue weighted by Gasteiger charge is 2.20. The quantitative estimate of drug-likeness (QED) is 0.707. The van der Waals surface area contributed by atoms with Crippen LogP contribution in [-0.4, -0.2) is 43.0 Å². The monoisotopic (exact) mass is 335 g/mol. The van der Waals surface area contributed by atoms with Crippen LogP contribution in [-0.2, 0) is 26.2 Å². The fourth-order valence-corrected chi connectivity index (χ4v) is 3.15. The summed E-state index contributed by atoms with van der Waals surface area (Å²) >= 11 is 0. The summed E-state index contributed by atoms with van der Waals surface area (Å²) in [6, 6.07) is 5.91. The maximum absolute atomic E-state index is 4.82. The third-order valence-corrected chi connectivity index (χ3v) is 4.29. The van der Waals surface area contributed by atoms with Gasteiger partial charge in [-0.3, -0.25) is 9.88 Å². The van der Waals surface area contributed by atoms with Gasteiger partial charge >= 0.3 is 0 Å². The lowest BCUT2D eigenvalue weighted by Gasteiger charge is -2.27. The first-order valence-electron chi connectivity index (χ1n) is 8.42. The minimum atomic E-state index is 0.746. The number of hydrogen-bond acceptors (Lipinski definition) is 6. The molecule has 128 valence electrons. The first-order valence-corrected chi connectivity index (χ1v) is 8.42. The molecular formula is C18H21N7. The van der Waals surface area contributed by atoms with E-state index in [1.807, 2.05) is 18.3 Å². The molecule has 0 aromatic carbocycles. The zero-order valence-corrected chi connectivity index (χ0v) is 14.3. The average molecular weight is 335 g/mol. The molecule has 7 heteroatoms. The summed E-state index contributed by atoms with van der Waals surface area (Å²) in [6.45, 7) is 4.23. The minimum Gasteiger partial charge on any atom is -0.332 e. The van der Waals surface area contributed by atoms with Crippen molar-refractivity contribution in [1.29, 1.82) is 0 Å². The SMILES string of the molecule is CN(Cc1cccnc1)Cc1cn2c(n1)CN(c1ncccn1)CC2. The Balaban J connectivity index is 1.42. The van der Waals surface area contributed by atoms with E-state index in [9.17, 15) is 0 Å². The van der Waals surface area contributed by atoms with Crippen molar-refractivity contribution in [2.45, 2.75) is 26.2 Å². The normalized spacial score (nSPS) is 13.9. The number of pyridine rings is 1. The number of imidazole rings is 1. The topological polar surface area (TPSA) is 63.0 Å². The second kappa shape index (κ2) is 6.98. The van der Waals surface area contributed by atoms with E-state index in [2.05, 4.69) is 48.6 Å². The second-order valence-corrected chi connectivity index (χ2v) is 6.35. The first-order chi connectivity index (χ1) is 12.3. The fraction of sp³-hybridized carbons (Fsp3) is 0.333. The van der Waals surface area contributed by atoms with Crippen molar-refractivity contribution < 1.29 is 0 Å². The van der Waals surface area contributed by atoms with E-state index < -0.39 is 0 Å². The first kappa shape index (κ1) is 15.7. The summed E-state index contributed by atoms with van der Waals surface area (Å²) in [7, 11) is 2.11. The smallest absolute Gasteiger partial charge is 0.225 e. The molecule has 0 aliphatic carbocycles. The van der Waals surface area contributed by atoms with E-state index in [4.69, 9.17) is 4.98 Å². The molecule has 0 amide bonds. The van der Waals surface area contributed by atoms with Crippen LogP contribution in [0.15, 0.2) is 49.2 Å². The van der Waals surface area contributed by atoms with Gasteiger partial charge in [-0.05, 0) is 24.7 Å². The molecule has 0 saturated carbocycles. The Labute approximate surface area is 147 Å². The van der Waals surface area contributed by atoms with Gasteiger partial charge in [0, 0.05) is 57.2 Å². The number of rotatable bonds is 5. The maximum atomic E-state index is 4.82. The number of fused-ring (bicyclic) bond motifs is 1. The summed E-state index contributed by atoms with van der Waals surface area (Å²) in [5.41, 5.74) is 2.30. The van der Waals surface area contributed by atoms with E-state index in [0.29, 0.717) is 0 Å². The van der Waals surface area contributed by atoms with Crippen molar-refractivity contribution in [1.82, 2.24) is 29.4 Å². The van der Waals surface area contributed by atoms with Gasteiger partial charge in [0.15, 0.2) is 0 Å². The zero-order chi connectivity index (χ0) is 17.1. The van der Waals surface area contributed by atoms with Crippen LogP contribution in [0, 0.1) is 0 Å². The van der Waals surface area contributed by atoms with Crippen molar-refractivity contribution in [3.8, 4) is 0 Å². The van der Waals surface area contributed by atoms with Crippen molar-refractivity contribution in [3.63, 3.8) is 0 Å². The van der Waals surface area contributed by atoms with Crippen LogP contribution in [0.3, 0.4) is 0 Å². The van der Waals surface area contributed by atoms with Crippen LogP contribution in [0.1, 0.15) is 17.1 Å². The Morgan fingerprint density at radius 2 is 1.96 bits per heavy atom. The Hall–Kier alpha value is -2.80. The summed E-state index contributed by atoms with van der Waals surface area (Å²) in [5, 5.41) is 0. The van der Waals surface area contributed by atoms with Gasteiger partial charge in [-0.25, -0.2) is 15.0 Å². The molecule has 0 atom stereocenters. The number of hydrogen-bond donors (Lipinski definition) is 0.